The third kappa shape index (κ3) is 8.00. The largest absolute Gasteiger partial charge is 0.444 e. The second kappa shape index (κ2) is 9.68. The van der Waals surface area contributed by atoms with Crippen molar-refractivity contribution in [1.29, 1.82) is 0 Å². The second-order valence-electron chi connectivity index (χ2n) is 6.94. The highest BCUT2D eigenvalue weighted by Crippen LogP contribution is 2.21. The molecule has 0 aliphatic heterocycles. The van der Waals surface area contributed by atoms with Crippen molar-refractivity contribution in [1.82, 2.24) is 0 Å². The maximum atomic E-state index is 12.4. The number of ether oxygens (including phenoxy) is 2. The van der Waals surface area contributed by atoms with Crippen LogP contribution in [0, 0.1) is 0 Å². The Morgan fingerprint density at radius 3 is 2.14 bits per heavy atom. The summed E-state index contributed by atoms with van der Waals surface area (Å²) in [5.74, 6) is -0.478. The standard InChI is InChI=1S/C21H22F2N2O4/c1-21(2,3)29-20(27)25-16-11-9-15(10-12-16)24-18(26)13-8-14-6-4-5-7-17(14)28-19(22)23/h4-13,19H,1-3H3,(H,24,26)(H,25,27). The van der Waals surface area contributed by atoms with Gasteiger partial charge in [0.2, 0.25) is 5.91 Å². The highest BCUT2D eigenvalue weighted by molar-refractivity contribution is 6.02. The molecule has 0 radical (unpaired) electrons. The normalized spacial score (nSPS) is 11.4. The van der Waals surface area contributed by atoms with E-state index in [4.69, 9.17) is 4.74 Å². The number of para-hydroxylation sites is 1. The molecule has 154 valence electrons. The Labute approximate surface area is 167 Å². The van der Waals surface area contributed by atoms with Gasteiger partial charge in [-0.2, -0.15) is 8.78 Å². The summed E-state index contributed by atoms with van der Waals surface area (Å²) in [6.07, 6.45) is 2.01. The molecule has 0 unspecified atom stereocenters. The van der Waals surface area contributed by atoms with Crippen molar-refractivity contribution >= 4 is 29.5 Å². The van der Waals surface area contributed by atoms with E-state index in [1.165, 1.54) is 18.2 Å². The van der Waals surface area contributed by atoms with Gasteiger partial charge in [-0.15, -0.1) is 0 Å². The van der Waals surface area contributed by atoms with Gasteiger partial charge in [0, 0.05) is 23.0 Å². The number of benzene rings is 2. The van der Waals surface area contributed by atoms with Crippen LogP contribution in [-0.4, -0.2) is 24.2 Å². The first-order valence-electron chi connectivity index (χ1n) is 8.75. The van der Waals surface area contributed by atoms with Crippen molar-refractivity contribution in [2.24, 2.45) is 0 Å². The molecule has 0 fully saturated rings. The molecule has 0 aliphatic carbocycles. The molecule has 0 atom stereocenters. The van der Waals surface area contributed by atoms with E-state index in [2.05, 4.69) is 15.4 Å². The Hall–Kier alpha value is -3.42. The van der Waals surface area contributed by atoms with E-state index < -0.39 is 24.2 Å². The Balaban J connectivity index is 1.94. The average molecular weight is 404 g/mol. The quantitative estimate of drug-likeness (QED) is 0.642. The predicted molar refractivity (Wildman–Crippen MR) is 107 cm³/mol. The van der Waals surface area contributed by atoms with Crippen molar-refractivity contribution < 1.29 is 27.8 Å². The second-order valence-corrected chi connectivity index (χ2v) is 6.94. The SMILES string of the molecule is CC(C)(C)OC(=O)Nc1ccc(NC(=O)C=Cc2ccccc2OC(F)F)cc1. The Morgan fingerprint density at radius 1 is 0.966 bits per heavy atom. The summed E-state index contributed by atoms with van der Waals surface area (Å²) < 4.78 is 34.4. The van der Waals surface area contributed by atoms with Gasteiger partial charge in [0.1, 0.15) is 11.4 Å². The van der Waals surface area contributed by atoms with Crippen LogP contribution in [0.2, 0.25) is 0 Å². The lowest BCUT2D eigenvalue weighted by atomic mass is 10.2. The Kier molecular flexibility index (Phi) is 7.30. The van der Waals surface area contributed by atoms with E-state index in [1.807, 2.05) is 0 Å². The van der Waals surface area contributed by atoms with Crippen LogP contribution in [0.25, 0.3) is 6.08 Å². The number of carbonyl (C=O) groups is 2. The van der Waals surface area contributed by atoms with Gasteiger partial charge < -0.3 is 14.8 Å². The number of anilines is 2. The number of carbonyl (C=O) groups excluding carboxylic acids is 2. The summed E-state index contributed by atoms with van der Waals surface area (Å²) >= 11 is 0. The van der Waals surface area contributed by atoms with Gasteiger partial charge in [-0.25, -0.2) is 4.79 Å². The topological polar surface area (TPSA) is 76.7 Å². The lowest BCUT2D eigenvalue weighted by Gasteiger charge is -2.19. The highest BCUT2D eigenvalue weighted by atomic mass is 19.3. The molecule has 0 saturated heterocycles. The number of hydrogen-bond acceptors (Lipinski definition) is 4. The predicted octanol–water partition coefficient (Wildman–Crippen LogP) is 5.29. The van der Waals surface area contributed by atoms with Gasteiger partial charge in [-0.3, -0.25) is 10.1 Å². The lowest BCUT2D eigenvalue weighted by Crippen LogP contribution is -2.27. The minimum Gasteiger partial charge on any atom is -0.444 e. The fraction of sp³-hybridized carbons (Fsp3) is 0.238. The molecule has 2 aromatic carbocycles. The molecule has 8 heteroatoms. The van der Waals surface area contributed by atoms with Crippen LogP contribution < -0.4 is 15.4 Å². The van der Waals surface area contributed by atoms with Gasteiger partial charge in [0.15, 0.2) is 0 Å². The van der Waals surface area contributed by atoms with Crippen LogP contribution >= 0.6 is 0 Å². The number of halogens is 2. The molecule has 2 amide bonds. The van der Waals surface area contributed by atoms with E-state index in [-0.39, 0.29) is 5.75 Å². The summed E-state index contributed by atoms with van der Waals surface area (Å²) in [6.45, 7) is 2.33. The lowest BCUT2D eigenvalue weighted by molar-refractivity contribution is -0.111. The molecular weight excluding hydrogens is 382 g/mol. The molecule has 2 aromatic rings. The molecule has 2 rings (SSSR count). The van der Waals surface area contributed by atoms with Crippen LogP contribution in [0.3, 0.4) is 0 Å². The van der Waals surface area contributed by atoms with Gasteiger partial charge in [-0.1, -0.05) is 18.2 Å². The van der Waals surface area contributed by atoms with E-state index in [0.29, 0.717) is 16.9 Å². The summed E-state index contributed by atoms with van der Waals surface area (Å²) in [4.78, 5) is 23.8. The van der Waals surface area contributed by atoms with Crippen molar-refractivity contribution in [3.63, 3.8) is 0 Å². The number of amides is 2. The number of hydrogen-bond donors (Lipinski definition) is 2. The highest BCUT2D eigenvalue weighted by Gasteiger charge is 2.16. The number of rotatable bonds is 6. The fourth-order valence-electron chi connectivity index (χ4n) is 2.23. The van der Waals surface area contributed by atoms with Crippen molar-refractivity contribution in [3.8, 4) is 5.75 Å². The third-order valence-electron chi connectivity index (χ3n) is 3.35. The van der Waals surface area contributed by atoms with Gasteiger partial charge >= 0.3 is 12.7 Å². The molecule has 0 bridgehead atoms. The first kappa shape index (κ1) is 21.9. The summed E-state index contributed by atoms with van der Waals surface area (Å²) in [5, 5.41) is 5.22. The van der Waals surface area contributed by atoms with Crippen LogP contribution in [0.1, 0.15) is 26.3 Å². The van der Waals surface area contributed by atoms with Crippen LogP contribution in [-0.2, 0) is 9.53 Å². The molecule has 29 heavy (non-hydrogen) atoms. The maximum Gasteiger partial charge on any atom is 0.412 e. The molecule has 0 saturated carbocycles. The molecule has 0 spiro atoms. The number of alkyl halides is 2. The third-order valence-corrected chi connectivity index (χ3v) is 3.35. The molecular formula is C21H22F2N2O4. The maximum absolute atomic E-state index is 12.4. The van der Waals surface area contributed by atoms with Crippen molar-refractivity contribution in [2.45, 2.75) is 33.0 Å². The molecule has 0 aliphatic rings. The first-order chi connectivity index (χ1) is 13.6. The minimum absolute atomic E-state index is 0.0240. The van der Waals surface area contributed by atoms with E-state index in [9.17, 15) is 18.4 Å². The van der Waals surface area contributed by atoms with Crippen molar-refractivity contribution in [2.75, 3.05) is 10.6 Å². The van der Waals surface area contributed by atoms with Gasteiger partial charge in [-0.05, 0) is 57.2 Å². The zero-order valence-corrected chi connectivity index (χ0v) is 16.2. The first-order valence-corrected chi connectivity index (χ1v) is 8.75. The molecule has 0 aromatic heterocycles. The van der Waals surface area contributed by atoms with Gasteiger partial charge in [0.05, 0.1) is 0 Å². The van der Waals surface area contributed by atoms with E-state index >= 15 is 0 Å². The average Bonchev–Trinajstić information content (AvgIpc) is 2.60. The molecule has 6 nitrogen and oxygen atoms in total. The Bertz CT molecular complexity index is 875. The Morgan fingerprint density at radius 2 is 1.55 bits per heavy atom. The zero-order valence-electron chi connectivity index (χ0n) is 16.2. The van der Waals surface area contributed by atoms with Crippen LogP contribution in [0.4, 0.5) is 25.0 Å². The fourth-order valence-corrected chi connectivity index (χ4v) is 2.23. The van der Waals surface area contributed by atoms with Crippen LogP contribution in [0.5, 0.6) is 5.75 Å². The smallest absolute Gasteiger partial charge is 0.412 e. The summed E-state index contributed by atoms with van der Waals surface area (Å²) in [5.41, 5.74) is 0.737. The van der Waals surface area contributed by atoms with E-state index in [1.54, 1.807) is 63.2 Å². The molecule has 2 N–H and O–H groups in total. The van der Waals surface area contributed by atoms with Crippen LogP contribution in [0.15, 0.2) is 54.6 Å². The van der Waals surface area contributed by atoms with Gasteiger partial charge in [0.25, 0.3) is 0 Å². The summed E-state index contributed by atoms with van der Waals surface area (Å²) in [7, 11) is 0. The number of nitrogens with one attached hydrogen (secondary N) is 2. The monoisotopic (exact) mass is 404 g/mol. The van der Waals surface area contributed by atoms with Crippen molar-refractivity contribution in [3.05, 3.63) is 60.2 Å². The summed E-state index contributed by atoms with van der Waals surface area (Å²) in [6, 6.07) is 12.6. The zero-order chi connectivity index (χ0) is 21.4. The van der Waals surface area contributed by atoms with E-state index in [0.717, 1.165) is 0 Å². The molecule has 0 heterocycles. The minimum atomic E-state index is -2.95.